The van der Waals surface area contributed by atoms with Gasteiger partial charge in [-0.1, -0.05) is 35.9 Å². The Morgan fingerprint density at radius 3 is 2.26 bits per heavy atom. The van der Waals surface area contributed by atoms with Gasteiger partial charge in [-0.25, -0.2) is 8.42 Å². The summed E-state index contributed by atoms with van der Waals surface area (Å²) in [6.45, 7) is 0. The summed E-state index contributed by atoms with van der Waals surface area (Å²) < 4.78 is 63.2. The zero-order chi connectivity index (χ0) is 19.8. The van der Waals surface area contributed by atoms with Crippen molar-refractivity contribution >= 4 is 21.4 Å². The van der Waals surface area contributed by atoms with E-state index in [4.69, 9.17) is 11.6 Å². The summed E-state index contributed by atoms with van der Waals surface area (Å²) in [5.74, 6) is 0. The van der Waals surface area contributed by atoms with E-state index in [1.165, 1.54) is 18.2 Å². The minimum atomic E-state index is -4.58. The highest BCUT2D eigenvalue weighted by molar-refractivity contribution is 7.90. The van der Waals surface area contributed by atoms with Crippen LogP contribution in [0.5, 0.6) is 0 Å². The third-order valence-electron chi connectivity index (χ3n) is 3.89. The van der Waals surface area contributed by atoms with Crippen molar-refractivity contribution in [2.24, 2.45) is 0 Å². The van der Waals surface area contributed by atoms with Crippen molar-refractivity contribution < 1.29 is 21.6 Å². The zero-order valence-corrected chi connectivity index (χ0v) is 15.5. The molecule has 0 spiro atoms. The molecule has 0 radical (unpaired) electrons. The Morgan fingerprint density at radius 1 is 0.963 bits per heavy atom. The first-order chi connectivity index (χ1) is 12.6. The fourth-order valence-electron chi connectivity index (χ4n) is 2.60. The molecule has 0 amide bonds. The standard InChI is InChI=1S/C19H13ClF3NO2S/c1-27(25,26)16-7-3-4-12(9-16)17-10-14(19(21,22)23)11-24-18(17)13-5-2-6-15(20)8-13/h2-11H,1H3. The monoisotopic (exact) mass is 411 g/mol. The van der Waals surface area contributed by atoms with Gasteiger partial charge in [0.15, 0.2) is 9.84 Å². The van der Waals surface area contributed by atoms with Gasteiger partial charge < -0.3 is 0 Å². The minimum Gasteiger partial charge on any atom is -0.255 e. The molecule has 140 valence electrons. The molecule has 3 nitrogen and oxygen atoms in total. The lowest BCUT2D eigenvalue weighted by Crippen LogP contribution is -2.06. The van der Waals surface area contributed by atoms with Crippen LogP contribution in [0.1, 0.15) is 5.56 Å². The maximum absolute atomic E-state index is 13.2. The smallest absolute Gasteiger partial charge is 0.255 e. The number of benzene rings is 2. The average molecular weight is 412 g/mol. The van der Waals surface area contributed by atoms with Crippen molar-refractivity contribution in [2.45, 2.75) is 11.1 Å². The van der Waals surface area contributed by atoms with Gasteiger partial charge in [0, 0.05) is 28.6 Å². The van der Waals surface area contributed by atoms with Crippen molar-refractivity contribution in [1.29, 1.82) is 0 Å². The van der Waals surface area contributed by atoms with E-state index in [0.717, 1.165) is 18.5 Å². The van der Waals surface area contributed by atoms with Crippen molar-refractivity contribution in [3.63, 3.8) is 0 Å². The zero-order valence-electron chi connectivity index (χ0n) is 14.0. The Bertz CT molecular complexity index is 1110. The second-order valence-electron chi connectivity index (χ2n) is 5.93. The molecule has 0 aliphatic carbocycles. The minimum absolute atomic E-state index is 0.00876. The molecule has 0 saturated carbocycles. The topological polar surface area (TPSA) is 47.0 Å². The van der Waals surface area contributed by atoms with Crippen LogP contribution in [0.15, 0.2) is 65.7 Å². The first-order valence-corrected chi connectivity index (χ1v) is 9.96. The lowest BCUT2D eigenvalue weighted by Gasteiger charge is -2.14. The maximum Gasteiger partial charge on any atom is 0.417 e. The fraction of sp³-hybridized carbons (Fsp3) is 0.105. The Morgan fingerprint density at radius 2 is 1.63 bits per heavy atom. The number of pyridine rings is 1. The predicted octanol–water partition coefficient (Wildman–Crippen LogP) is 5.49. The normalized spacial score (nSPS) is 12.2. The summed E-state index contributed by atoms with van der Waals surface area (Å²) in [7, 11) is -3.52. The first-order valence-electron chi connectivity index (χ1n) is 7.69. The third kappa shape index (κ3) is 4.31. The van der Waals surface area contributed by atoms with Crippen LogP contribution < -0.4 is 0 Å². The highest BCUT2D eigenvalue weighted by atomic mass is 35.5. The van der Waals surface area contributed by atoms with Crippen LogP contribution in [0.3, 0.4) is 0 Å². The highest BCUT2D eigenvalue weighted by Crippen LogP contribution is 2.37. The molecule has 1 aromatic heterocycles. The molecule has 1 heterocycles. The number of nitrogens with zero attached hydrogens (tertiary/aromatic N) is 1. The van der Waals surface area contributed by atoms with E-state index in [0.29, 0.717) is 16.1 Å². The maximum atomic E-state index is 13.2. The summed E-state index contributed by atoms with van der Waals surface area (Å²) in [6.07, 6.45) is -2.79. The summed E-state index contributed by atoms with van der Waals surface area (Å²) in [5, 5.41) is 0.407. The Kier molecular flexibility index (Phi) is 5.01. The van der Waals surface area contributed by atoms with Crippen LogP contribution >= 0.6 is 11.6 Å². The van der Waals surface area contributed by atoms with E-state index in [-0.39, 0.29) is 16.2 Å². The molecule has 0 aliphatic rings. The Hall–Kier alpha value is -2.38. The molecule has 2 aromatic carbocycles. The largest absolute Gasteiger partial charge is 0.417 e. The van der Waals surface area contributed by atoms with Crippen LogP contribution in [0.25, 0.3) is 22.4 Å². The number of rotatable bonds is 3. The van der Waals surface area contributed by atoms with Gasteiger partial charge in [0.1, 0.15) is 0 Å². The summed E-state index contributed by atoms with van der Waals surface area (Å²) in [5.41, 5.74) is 0.351. The lowest BCUT2D eigenvalue weighted by molar-refractivity contribution is -0.137. The summed E-state index contributed by atoms with van der Waals surface area (Å²) in [4.78, 5) is 4.01. The number of aromatic nitrogens is 1. The molecule has 0 aliphatic heterocycles. The van der Waals surface area contributed by atoms with Crippen LogP contribution in [-0.2, 0) is 16.0 Å². The lowest BCUT2D eigenvalue weighted by atomic mass is 9.98. The number of halogens is 4. The molecule has 0 fully saturated rings. The predicted molar refractivity (Wildman–Crippen MR) is 98.2 cm³/mol. The van der Waals surface area contributed by atoms with Crippen LogP contribution in [0.2, 0.25) is 5.02 Å². The van der Waals surface area contributed by atoms with Crippen molar-refractivity contribution in [3.8, 4) is 22.4 Å². The van der Waals surface area contributed by atoms with E-state index >= 15 is 0 Å². The van der Waals surface area contributed by atoms with Crippen molar-refractivity contribution in [3.05, 3.63) is 71.4 Å². The van der Waals surface area contributed by atoms with E-state index in [1.54, 1.807) is 30.3 Å². The van der Waals surface area contributed by atoms with Crippen molar-refractivity contribution in [2.75, 3.05) is 6.26 Å². The van der Waals surface area contributed by atoms with Gasteiger partial charge in [0.25, 0.3) is 0 Å². The number of sulfone groups is 1. The molecular weight excluding hydrogens is 399 g/mol. The second kappa shape index (κ2) is 6.98. The molecule has 0 atom stereocenters. The van der Waals surface area contributed by atoms with E-state index in [2.05, 4.69) is 4.98 Å². The Labute approximate surface area is 159 Å². The molecule has 0 saturated heterocycles. The second-order valence-corrected chi connectivity index (χ2v) is 8.38. The SMILES string of the molecule is CS(=O)(=O)c1cccc(-c2cc(C(F)(F)F)cnc2-c2cccc(Cl)c2)c1. The molecule has 8 heteroatoms. The van der Waals surface area contributed by atoms with Gasteiger partial charge in [0.05, 0.1) is 16.2 Å². The molecule has 0 bridgehead atoms. The third-order valence-corrected chi connectivity index (χ3v) is 5.23. The number of alkyl halides is 3. The summed E-state index contributed by atoms with van der Waals surface area (Å²) in [6, 6.07) is 13.3. The van der Waals surface area contributed by atoms with Gasteiger partial charge >= 0.3 is 6.18 Å². The summed E-state index contributed by atoms with van der Waals surface area (Å²) >= 11 is 5.99. The Balaban J connectivity index is 2.29. The van der Waals surface area contributed by atoms with Crippen LogP contribution in [0, 0.1) is 0 Å². The van der Waals surface area contributed by atoms with Gasteiger partial charge in [0.2, 0.25) is 0 Å². The quantitative estimate of drug-likeness (QED) is 0.572. The van der Waals surface area contributed by atoms with Crippen LogP contribution in [-0.4, -0.2) is 19.7 Å². The average Bonchev–Trinajstić information content (AvgIpc) is 2.60. The van der Waals surface area contributed by atoms with Gasteiger partial charge in [-0.15, -0.1) is 0 Å². The van der Waals surface area contributed by atoms with Gasteiger partial charge in [-0.05, 0) is 35.9 Å². The molecule has 27 heavy (non-hydrogen) atoms. The highest BCUT2D eigenvalue weighted by Gasteiger charge is 2.32. The van der Waals surface area contributed by atoms with E-state index < -0.39 is 21.6 Å². The fourth-order valence-corrected chi connectivity index (χ4v) is 3.46. The molecule has 0 unspecified atom stereocenters. The van der Waals surface area contributed by atoms with E-state index in [1.807, 2.05) is 0 Å². The molecule has 0 N–H and O–H groups in total. The van der Waals surface area contributed by atoms with Crippen LogP contribution in [0.4, 0.5) is 13.2 Å². The number of hydrogen-bond donors (Lipinski definition) is 0. The van der Waals surface area contributed by atoms with Gasteiger partial charge in [-0.3, -0.25) is 4.98 Å². The van der Waals surface area contributed by atoms with Gasteiger partial charge in [-0.2, -0.15) is 13.2 Å². The number of hydrogen-bond acceptors (Lipinski definition) is 3. The first kappa shape index (κ1) is 19.4. The molecular formula is C19H13ClF3NO2S. The van der Waals surface area contributed by atoms with Crippen molar-refractivity contribution in [1.82, 2.24) is 4.98 Å². The molecule has 3 rings (SSSR count). The molecule has 3 aromatic rings. The van der Waals surface area contributed by atoms with E-state index in [9.17, 15) is 21.6 Å².